The summed E-state index contributed by atoms with van der Waals surface area (Å²) in [4.78, 5) is 19.5. The van der Waals surface area contributed by atoms with Gasteiger partial charge < -0.3 is 0 Å². The van der Waals surface area contributed by atoms with Gasteiger partial charge in [-0.25, -0.2) is 0 Å². The summed E-state index contributed by atoms with van der Waals surface area (Å²) in [6, 6.07) is 1.64. The van der Waals surface area contributed by atoms with Crippen LogP contribution < -0.4 is 5.32 Å². The number of rotatable bonds is 2. The van der Waals surface area contributed by atoms with Gasteiger partial charge in [-0.2, -0.15) is 9.36 Å². The van der Waals surface area contributed by atoms with E-state index in [1.165, 1.54) is 0 Å². The molecular weight excluding hydrogens is 363 g/mol. The number of amides is 1. The van der Waals surface area contributed by atoms with Crippen molar-refractivity contribution < 1.29 is 4.79 Å². The second kappa shape index (κ2) is 5.02. The van der Waals surface area contributed by atoms with Crippen LogP contribution >= 0.6 is 45.7 Å². The van der Waals surface area contributed by atoms with E-state index in [9.17, 15) is 4.79 Å². The number of anilines is 1. The smallest absolute Gasteiger partial charge is 0.258 e. The Morgan fingerprint density at radius 3 is 3.00 bits per heavy atom. The van der Waals surface area contributed by atoms with Crippen molar-refractivity contribution in [3.05, 3.63) is 32.9 Å². The highest BCUT2D eigenvalue weighted by atomic mass is 127. The van der Waals surface area contributed by atoms with Crippen molar-refractivity contribution >= 4 is 56.8 Å². The molecule has 0 saturated carbocycles. The molecule has 0 fully saturated rings. The highest BCUT2D eigenvalue weighted by molar-refractivity contribution is 14.1. The Hall–Kier alpha value is -0.800. The van der Waals surface area contributed by atoms with Gasteiger partial charge in [0.05, 0.1) is 5.56 Å². The van der Waals surface area contributed by atoms with E-state index in [2.05, 4.69) is 19.7 Å². The number of carbonyl (C=O) groups excluding carboxylic acids is 1. The molecule has 2 aromatic heterocycles. The molecule has 0 saturated heterocycles. The first-order valence-electron chi connectivity index (χ1n) is 4.07. The van der Waals surface area contributed by atoms with E-state index in [4.69, 9.17) is 11.6 Å². The van der Waals surface area contributed by atoms with E-state index in [1.54, 1.807) is 18.5 Å². The lowest BCUT2D eigenvalue weighted by atomic mass is 10.2. The SMILES string of the molecule is O=C(Nc1nc(Cl)ns1)c1ccncc1I. The molecule has 0 aliphatic heterocycles. The molecule has 0 aliphatic rings. The maximum atomic E-state index is 11.8. The summed E-state index contributed by atoms with van der Waals surface area (Å²) >= 11 is 8.62. The number of nitrogens with zero attached hydrogens (tertiary/aromatic N) is 3. The lowest BCUT2D eigenvalue weighted by molar-refractivity contribution is 0.102. The number of carbonyl (C=O) groups is 1. The predicted octanol–water partition coefficient (Wildman–Crippen LogP) is 2.44. The predicted molar refractivity (Wildman–Crippen MR) is 69.8 cm³/mol. The highest BCUT2D eigenvalue weighted by Crippen LogP contribution is 2.17. The molecule has 0 unspecified atom stereocenters. The van der Waals surface area contributed by atoms with Crippen molar-refractivity contribution in [1.82, 2.24) is 14.3 Å². The van der Waals surface area contributed by atoms with E-state index in [1.807, 2.05) is 22.6 Å². The Labute approximate surface area is 114 Å². The van der Waals surface area contributed by atoms with Crippen LogP contribution in [0.1, 0.15) is 10.4 Å². The minimum atomic E-state index is -0.250. The Morgan fingerprint density at radius 1 is 1.56 bits per heavy atom. The van der Waals surface area contributed by atoms with Crippen LogP contribution in [0.5, 0.6) is 0 Å². The van der Waals surface area contributed by atoms with Gasteiger partial charge in [0.25, 0.3) is 5.91 Å². The van der Waals surface area contributed by atoms with Crippen molar-refractivity contribution in [1.29, 1.82) is 0 Å². The van der Waals surface area contributed by atoms with Gasteiger partial charge in [0, 0.05) is 27.5 Å². The van der Waals surface area contributed by atoms with Gasteiger partial charge in [-0.15, -0.1) is 0 Å². The van der Waals surface area contributed by atoms with Crippen molar-refractivity contribution in [3.63, 3.8) is 0 Å². The highest BCUT2D eigenvalue weighted by Gasteiger charge is 2.12. The molecule has 1 N–H and O–H groups in total. The number of hydrogen-bond acceptors (Lipinski definition) is 5. The summed E-state index contributed by atoms with van der Waals surface area (Å²) < 4.78 is 4.52. The number of halogens is 2. The molecule has 0 aromatic carbocycles. The Balaban J connectivity index is 2.18. The maximum Gasteiger partial charge on any atom is 0.258 e. The molecule has 2 heterocycles. The summed E-state index contributed by atoms with van der Waals surface area (Å²) in [7, 11) is 0. The van der Waals surface area contributed by atoms with Crippen LogP contribution in [0.3, 0.4) is 0 Å². The molecule has 0 aliphatic carbocycles. The summed E-state index contributed by atoms with van der Waals surface area (Å²) in [5.41, 5.74) is 0.543. The van der Waals surface area contributed by atoms with Crippen LogP contribution in [-0.2, 0) is 0 Å². The zero-order chi connectivity index (χ0) is 11.5. The van der Waals surface area contributed by atoms with Crippen LogP contribution in [-0.4, -0.2) is 20.2 Å². The number of aromatic nitrogens is 3. The van der Waals surface area contributed by atoms with Gasteiger partial charge in [-0.1, -0.05) is 0 Å². The first kappa shape index (κ1) is 11.7. The Bertz CT molecular complexity index is 532. The molecule has 5 nitrogen and oxygen atoms in total. The second-order valence-electron chi connectivity index (χ2n) is 2.68. The third-order valence-electron chi connectivity index (χ3n) is 1.64. The van der Waals surface area contributed by atoms with Crippen LogP contribution in [0, 0.1) is 3.57 Å². The second-order valence-corrected chi connectivity index (χ2v) is 4.93. The van der Waals surface area contributed by atoms with E-state index < -0.39 is 0 Å². The molecule has 0 atom stereocenters. The Morgan fingerprint density at radius 2 is 2.38 bits per heavy atom. The first-order valence-corrected chi connectivity index (χ1v) is 6.30. The standard InChI is InChI=1S/C8H4ClIN4OS/c9-7-13-8(16-14-7)12-6(15)4-1-2-11-3-5(4)10/h1-3H,(H,12,13,14,15). The lowest BCUT2D eigenvalue weighted by Gasteiger charge is -2.02. The topological polar surface area (TPSA) is 67.8 Å². The van der Waals surface area contributed by atoms with E-state index in [-0.39, 0.29) is 11.2 Å². The fourth-order valence-electron chi connectivity index (χ4n) is 0.980. The van der Waals surface area contributed by atoms with Gasteiger partial charge >= 0.3 is 0 Å². The largest absolute Gasteiger partial charge is 0.297 e. The van der Waals surface area contributed by atoms with E-state index in [0.29, 0.717) is 10.7 Å². The molecule has 0 spiro atoms. The summed E-state index contributed by atoms with van der Waals surface area (Å²) in [5, 5.41) is 3.12. The van der Waals surface area contributed by atoms with Gasteiger partial charge in [-0.3, -0.25) is 15.1 Å². The lowest BCUT2D eigenvalue weighted by Crippen LogP contribution is -2.13. The minimum absolute atomic E-state index is 0.129. The molecule has 2 rings (SSSR count). The molecule has 8 heteroatoms. The van der Waals surface area contributed by atoms with Gasteiger partial charge in [0.1, 0.15) is 0 Å². The van der Waals surface area contributed by atoms with Crippen molar-refractivity contribution in [2.24, 2.45) is 0 Å². The van der Waals surface area contributed by atoms with Crippen molar-refractivity contribution in [2.75, 3.05) is 5.32 Å². The number of pyridine rings is 1. The van der Waals surface area contributed by atoms with Gasteiger partial charge in [-0.05, 0) is 40.3 Å². The summed E-state index contributed by atoms with van der Waals surface area (Å²) in [6.07, 6.45) is 3.17. The van der Waals surface area contributed by atoms with E-state index in [0.717, 1.165) is 15.1 Å². The summed E-state index contributed by atoms with van der Waals surface area (Å²) in [6.45, 7) is 0. The zero-order valence-corrected chi connectivity index (χ0v) is 11.4. The molecule has 2 aromatic rings. The molecule has 0 bridgehead atoms. The van der Waals surface area contributed by atoms with Crippen molar-refractivity contribution in [3.8, 4) is 0 Å². The molecule has 0 radical (unpaired) electrons. The van der Waals surface area contributed by atoms with Crippen LogP contribution in [0.15, 0.2) is 18.5 Å². The first-order chi connectivity index (χ1) is 7.66. The maximum absolute atomic E-state index is 11.8. The summed E-state index contributed by atoms with van der Waals surface area (Å²) in [5.74, 6) is -0.250. The average molecular weight is 367 g/mol. The molecular formula is C8H4ClIN4OS. The quantitative estimate of drug-likeness (QED) is 0.829. The number of nitrogens with one attached hydrogen (secondary N) is 1. The molecule has 82 valence electrons. The van der Waals surface area contributed by atoms with Crippen LogP contribution in [0.25, 0.3) is 0 Å². The Kier molecular flexibility index (Phi) is 3.66. The van der Waals surface area contributed by atoms with Crippen LogP contribution in [0.2, 0.25) is 5.28 Å². The third kappa shape index (κ3) is 2.66. The van der Waals surface area contributed by atoms with Gasteiger partial charge in [0.15, 0.2) is 0 Å². The van der Waals surface area contributed by atoms with E-state index >= 15 is 0 Å². The molecule has 16 heavy (non-hydrogen) atoms. The monoisotopic (exact) mass is 366 g/mol. The zero-order valence-electron chi connectivity index (χ0n) is 7.65. The fraction of sp³-hybridized carbons (Fsp3) is 0. The molecule has 1 amide bonds. The van der Waals surface area contributed by atoms with Crippen LogP contribution in [0.4, 0.5) is 5.13 Å². The van der Waals surface area contributed by atoms with Crippen molar-refractivity contribution in [2.45, 2.75) is 0 Å². The third-order valence-corrected chi connectivity index (χ3v) is 3.40. The minimum Gasteiger partial charge on any atom is -0.297 e. The average Bonchev–Trinajstić information content (AvgIpc) is 2.64. The number of hydrogen-bond donors (Lipinski definition) is 1. The normalized spacial score (nSPS) is 10.1. The fourth-order valence-corrected chi connectivity index (χ4v) is 2.27. The van der Waals surface area contributed by atoms with Gasteiger partial charge in [0.2, 0.25) is 10.4 Å².